The number of hydrogen-bond donors (Lipinski definition) is 0. The van der Waals surface area contributed by atoms with Crippen molar-refractivity contribution in [2.45, 2.75) is 45.3 Å². The number of aromatic nitrogens is 4. The molecule has 1 atom stereocenters. The second-order valence-corrected chi connectivity index (χ2v) is 11.0. The van der Waals surface area contributed by atoms with E-state index in [2.05, 4.69) is 15.0 Å². The molecule has 4 aromatic rings. The molecule has 0 saturated carbocycles. The van der Waals surface area contributed by atoms with Gasteiger partial charge in [0.2, 0.25) is 0 Å². The van der Waals surface area contributed by atoms with Crippen LogP contribution in [-0.2, 0) is 11.8 Å². The van der Waals surface area contributed by atoms with Crippen LogP contribution in [-0.4, -0.2) is 69.7 Å². The third kappa shape index (κ3) is 5.95. The highest BCUT2D eigenvalue weighted by molar-refractivity contribution is 5.83. The largest absolute Gasteiger partial charge is 0.497 e. The first-order valence-corrected chi connectivity index (χ1v) is 13.4. The number of rotatable bonds is 7. The molecule has 2 aromatic heterocycles. The Morgan fingerprint density at radius 3 is 2.42 bits per heavy atom. The van der Waals surface area contributed by atoms with Crippen LogP contribution in [0.3, 0.4) is 0 Å². The van der Waals surface area contributed by atoms with Crippen LogP contribution < -0.4 is 14.4 Å². The van der Waals surface area contributed by atoms with Crippen molar-refractivity contribution in [2.75, 3.05) is 32.2 Å². The van der Waals surface area contributed by atoms with Crippen molar-refractivity contribution in [1.29, 1.82) is 0 Å². The molecule has 0 N–H and O–H groups in total. The Morgan fingerprint density at radius 1 is 1.02 bits per heavy atom. The molecule has 2 aromatic carbocycles. The molecule has 0 aliphatic carbocycles. The number of nitrogens with zero attached hydrogens (tertiary/aromatic N) is 6. The van der Waals surface area contributed by atoms with Crippen LogP contribution in [0.25, 0.3) is 22.3 Å². The van der Waals surface area contributed by atoms with Gasteiger partial charge in [0, 0.05) is 61.5 Å². The maximum absolute atomic E-state index is 13.1. The quantitative estimate of drug-likeness (QED) is 0.297. The van der Waals surface area contributed by atoms with Crippen LogP contribution in [0.2, 0.25) is 0 Å². The third-order valence-corrected chi connectivity index (χ3v) is 6.88. The summed E-state index contributed by atoms with van der Waals surface area (Å²) >= 11 is 0. The summed E-state index contributed by atoms with van der Waals surface area (Å²) in [5, 5.41) is 4.27. The van der Waals surface area contributed by atoms with E-state index in [4.69, 9.17) is 19.2 Å². The number of anilines is 2. The van der Waals surface area contributed by atoms with Crippen LogP contribution in [0.15, 0.2) is 55.0 Å². The zero-order valence-electron chi connectivity index (χ0n) is 23.9. The van der Waals surface area contributed by atoms with Crippen molar-refractivity contribution in [3.05, 3.63) is 55.0 Å². The van der Waals surface area contributed by atoms with Crippen molar-refractivity contribution in [1.82, 2.24) is 24.6 Å². The molecule has 10 heteroatoms. The van der Waals surface area contributed by atoms with E-state index in [9.17, 15) is 4.79 Å². The minimum Gasteiger partial charge on any atom is -0.497 e. The summed E-state index contributed by atoms with van der Waals surface area (Å²) in [6.07, 6.45) is 6.95. The van der Waals surface area contributed by atoms with Gasteiger partial charge >= 0.3 is 6.09 Å². The van der Waals surface area contributed by atoms with Gasteiger partial charge in [0.05, 0.1) is 49.4 Å². The number of benzene rings is 2. The summed E-state index contributed by atoms with van der Waals surface area (Å²) in [5.41, 5.74) is 4.42. The predicted molar refractivity (Wildman–Crippen MR) is 154 cm³/mol. The first kappa shape index (κ1) is 27.2. The second kappa shape index (κ2) is 11.0. The zero-order valence-corrected chi connectivity index (χ0v) is 23.9. The molecule has 0 spiro atoms. The Balaban J connectivity index is 1.55. The molecule has 40 heavy (non-hydrogen) atoms. The van der Waals surface area contributed by atoms with Gasteiger partial charge in [-0.3, -0.25) is 9.67 Å². The number of carbonyl (C=O) groups excluding carboxylic acids is 1. The van der Waals surface area contributed by atoms with Gasteiger partial charge in [-0.25, -0.2) is 9.78 Å². The fraction of sp³-hybridized carbons (Fsp3) is 0.400. The third-order valence-electron chi connectivity index (χ3n) is 6.88. The van der Waals surface area contributed by atoms with Gasteiger partial charge in [-0.1, -0.05) is 0 Å². The molecule has 1 fully saturated rings. The highest BCUT2D eigenvalue weighted by Crippen LogP contribution is 2.36. The highest BCUT2D eigenvalue weighted by atomic mass is 16.6. The summed E-state index contributed by atoms with van der Waals surface area (Å²) in [6.45, 7) is 6.88. The fourth-order valence-corrected chi connectivity index (χ4v) is 4.97. The second-order valence-electron chi connectivity index (χ2n) is 11.0. The zero-order chi connectivity index (χ0) is 28.4. The van der Waals surface area contributed by atoms with E-state index in [1.165, 1.54) is 0 Å². The minimum absolute atomic E-state index is 0.0458. The minimum atomic E-state index is -0.562. The van der Waals surface area contributed by atoms with Crippen molar-refractivity contribution in [2.24, 2.45) is 7.05 Å². The van der Waals surface area contributed by atoms with E-state index in [1.54, 1.807) is 31.3 Å². The Bertz CT molecular complexity index is 1490. The number of hydrogen-bond acceptors (Lipinski definition) is 8. The van der Waals surface area contributed by atoms with Gasteiger partial charge in [0.15, 0.2) is 0 Å². The molecule has 3 heterocycles. The normalized spacial score (nSPS) is 15.3. The SMILES string of the molecule is COc1cc(OC)cc(N(C[C@H]2CCCN2C(=O)OC(C)(C)C)c2ccc3ncc(-c4cnn(C)c4)nc3c2)c1. The van der Waals surface area contributed by atoms with E-state index in [0.717, 1.165) is 46.5 Å². The summed E-state index contributed by atoms with van der Waals surface area (Å²) < 4.78 is 18.6. The average molecular weight is 545 g/mol. The van der Waals surface area contributed by atoms with E-state index in [-0.39, 0.29) is 12.1 Å². The van der Waals surface area contributed by atoms with Crippen molar-refractivity contribution < 1.29 is 19.0 Å². The number of methoxy groups -OCH3 is 2. The number of likely N-dealkylation sites (tertiary alicyclic amines) is 1. The van der Waals surface area contributed by atoms with Crippen LogP contribution in [0.5, 0.6) is 11.5 Å². The molecular weight excluding hydrogens is 508 g/mol. The maximum atomic E-state index is 13.1. The van der Waals surface area contributed by atoms with Crippen LogP contribution >= 0.6 is 0 Å². The van der Waals surface area contributed by atoms with Crippen molar-refractivity contribution in [3.63, 3.8) is 0 Å². The molecule has 1 saturated heterocycles. The average Bonchev–Trinajstić information content (AvgIpc) is 3.58. The molecule has 5 rings (SSSR count). The van der Waals surface area contributed by atoms with Crippen molar-refractivity contribution in [3.8, 4) is 22.8 Å². The Kier molecular flexibility index (Phi) is 7.51. The number of aryl methyl sites for hydroxylation is 1. The summed E-state index contributed by atoms with van der Waals surface area (Å²) in [7, 11) is 5.14. The van der Waals surface area contributed by atoms with Crippen molar-refractivity contribution >= 4 is 28.5 Å². The maximum Gasteiger partial charge on any atom is 0.410 e. The first-order chi connectivity index (χ1) is 19.1. The van der Waals surface area contributed by atoms with E-state index < -0.39 is 5.60 Å². The standard InChI is InChI=1S/C30H36N6O4/c1-30(2,3)40-29(37)35-11-7-8-22(35)19-36(23-12-24(38-5)15-25(13-23)39-6)21-9-10-26-27(14-21)33-28(17-31-26)20-16-32-34(4)18-20/h9-10,12-18,22H,7-8,11,19H2,1-6H3/t22-/m1/s1. The summed E-state index contributed by atoms with van der Waals surface area (Å²) in [5.74, 6) is 1.35. The molecular formula is C30H36N6O4. The lowest BCUT2D eigenvalue weighted by Crippen LogP contribution is -2.44. The van der Waals surface area contributed by atoms with E-state index in [0.29, 0.717) is 24.6 Å². The number of ether oxygens (including phenoxy) is 3. The molecule has 10 nitrogen and oxygen atoms in total. The fourth-order valence-electron chi connectivity index (χ4n) is 4.97. The molecule has 1 aliphatic heterocycles. The van der Waals surface area contributed by atoms with Gasteiger partial charge in [-0.05, 0) is 51.8 Å². The lowest BCUT2D eigenvalue weighted by molar-refractivity contribution is 0.0232. The van der Waals surface area contributed by atoms with Crippen LogP contribution in [0.1, 0.15) is 33.6 Å². The molecule has 1 amide bonds. The Hall–Kier alpha value is -4.34. The lowest BCUT2D eigenvalue weighted by atomic mass is 10.1. The van der Waals surface area contributed by atoms with Gasteiger partial charge in [-0.15, -0.1) is 0 Å². The topological polar surface area (TPSA) is 94.8 Å². The van der Waals surface area contributed by atoms with Gasteiger partial charge < -0.3 is 24.0 Å². The number of amides is 1. The first-order valence-electron chi connectivity index (χ1n) is 13.4. The number of fused-ring (bicyclic) bond motifs is 1. The molecule has 0 unspecified atom stereocenters. The molecule has 1 aliphatic rings. The monoisotopic (exact) mass is 544 g/mol. The molecule has 0 radical (unpaired) electrons. The van der Waals surface area contributed by atoms with Gasteiger partial charge in [-0.2, -0.15) is 5.10 Å². The van der Waals surface area contributed by atoms with Crippen LogP contribution in [0, 0.1) is 0 Å². The summed E-state index contributed by atoms with van der Waals surface area (Å²) in [4.78, 5) is 26.7. The highest BCUT2D eigenvalue weighted by Gasteiger charge is 2.34. The smallest absolute Gasteiger partial charge is 0.410 e. The van der Waals surface area contributed by atoms with Crippen LogP contribution in [0.4, 0.5) is 16.2 Å². The Morgan fingerprint density at radius 2 is 1.77 bits per heavy atom. The predicted octanol–water partition coefficient (Wildman–Crippen LogP) is 5.59. The molecule has 0 bridgehead atoms. The Labute approximate surface area is 234 Å². The molecule has 210 valence electrons. The van der Waals surface area contributed by atoms with E-state index in [1.807, 2.05) is 75.3 Å². The number of carbonyl (C=O) groups is 1. The van der Waals surface area contributed by atoms with Gasteiger partial charge in [0.1, 0.15) is 17.1 Å². The lowest BCUT2D eigenvalue weighted by Gasteiger charge is -2.33. The van der Waals surface area contributed by atoms with Gasteiger partial charge in [0.25, 0.3) is 0 Å². The summed E-state index contributed by atoms with van der Waals surface area (Å²) in [6, 6.07) is 11.8. The van der Waals surface area contributed by atoms with E-state index >= 15 is 0 Å².